The van der Waals surface area contributed by atoms with E-state index in [4.69, 9.17) is 32.9 Å². The van der Waals surface area contributed by atoms with E-state index in [-0.39, 0.29) is 5.91 Å². The highest BCUT2D eigenvalue weighted by Gasteiger charge is 2.24. The molecule has 1 amide bonds. The van der Waals surface area contributed by atoms with E-state index in [1.807, 2.05) is 19.9 Å². The number of aryl methyl sites for hydroxylation is 1. The Kier molecular flexibility index (Phi) is 7.44. The maximum atomic E-state index is 13.0. The molecule has 1 saturated heterocycles. The van der Waals surface area contributed by atoms with Crippen molar-refractivity contribution in [2.75, 3.05) is 31.6 Å². The number of carbonyl (C=O) groups is 1. The summed E-state index contributed by atoms with van der Waals surface area (Å²) in [5.41, 5.74) is 5.80. The van der Waals surface area contributed by atoms with Gasteiger partial charge in [0.25, 0.3) is 5.91 Å². The van der Waals surface area contributed by atoms with Crippen LogP contribution < -0.4 is 5.32 Å². The molecule has 0 spiro atoms. The molecule has 1 fully saturated rings. The minimum absolute atomic E-state index is 0.247. The second-order valence-electron chi connectivity index (χ2n) is 9.30. The molecule has 3 heterocycles. The van der Waals surface area contributed by atoms with Gasteiger partial charge in [0.15, 0.2) is 0 Å². The molecular weight excluding hydrogens is 497 g/mol. The number of rotatable bonds is 5. The van der Waals surface area contributed by atoms with Crippen molar-refractivity contribution in [1.82, 2.24) is 19.7 Å². The first-order valence-electron chi connectivity index (χ1n) is 12.2. The lowest BCUT2D eigenvalue weighted by molar-refractivity contribution is 0.0150. The van der Waals surface area contributed by atoms with Crippen LogP contribution in [0.3, 0.4) is 0 Å². The van der Waals surface area contributed by atoms with Gasteiger partial charge in [-0.1, -0.05) is 29.3 Å². The number of aromatic nitrogens is 3. The van der Waals surface area contributed by atoms with Gasteiger partial charge in [-0.3, -0.25) is 14.7 Å². The van der Waals surface area contributed by atoms with Crippen LogP contribution in [-0.2, 0) is 4.74 Å². The second-order valence-corrected chi connectivity index (χ2v) is 10.1. The van der Waals surface area contributed by atoms with Crippen molar-refractivity contribution in [2.24, 2.45) is 0 Å². The topological polar surface area (TPSA) is 72.3 Å². The zero-order valence-corrected chi connectivity index (χ0v) is 21.9. The monoisotopic (exact) mass is 525 g/mol. The van der Waals surface area contributed by atoms with Crippen molar-refractivity contribution in [1.29, 1.82) is 0 Å². The van der Waals surface area contributed by atoms with Crippen molar-refractivity contribution in [3.63, 3.8) is 0 Å². The molecule has 3 aromatic rings. The molecule has 2 aromatic heterocycles. The van der Waals surface area contributed by atoms with Crippen LogP contribution in [0.25, 0.3) is 11.3 Å². The SMILES string of the molecule is Cc1cc(NC(=O)c2cnn(-c3ccc(Cl)cc3Cl)c2C)cnc1C1=CCC(N2CCOCC2)CC1. The summed E-state index contributed by atoms with van der Waals surface area (Å²) in [7, 11) is 0. The quantitative estimate of drug-likeness (QED) is 0.461. The van der Waals surface area contributed by atoms with Crippen LogP contribution in [-0.4, -0.2) is 57.9 Å². The highest BCUT2D eigenvalue weighted by molar-refractivity contribution is 6.35. The van der Waals surface area contributed by atoms with Crippen molar-refractivity contribution in [2.45, 2.75) is 39.2 Å². The lowest BCUT2D eigenvalue weighted by atomic mass is 9.90. The average Bonchev–Trinajstić information content (AvgIpc) is 3.26. The van der Waals surface area contributed by atoms with E-state index in [0.717, 1.165) is 56.8 Å². The summed E-state index contributed by atoms with van der Waals surface area (Å²) >= 11 is 12.3. The lowest BCUT2D eigenvalue weighted by Gasteiger charge is -2.36. The van der Waals surface area contributed by atoms with E-state index in [9.17, 15) is 4.79 Å². The van der Waals surface area contributed by atoms with Crippen molar-refractivity contribution < 1.29 is 9.53 Å². The minimum Gasteiger partial charge on any atom is -0.379 e. The van der Waals surface area contributed by atoms with E-state index in [2.05, 4.69) is 21.4 Å². The number of hydrogen-bond donors (Lipinski definition) is 1. The summed E-state index contributed by atoms with van der Waals surface area (Å²) < 4.78 is 7.13. The van der Waals surface area contributed by atoms with Crippen LogP contribution >= 0.6 is 23.2 Å². The molecule has 1 aromatic carbocycles. The Hall–Kier alpha value is -2.71. The van der Waals surface area contributed by atoms with Gasteiger partial charge in [-0.05, 0) is 68.5 Å². The Labute approximate surface area is 221 Å². The maximum absolute atomic E-state index is 13.0. The highest BCUT2D eigenvalue weighted by Crippen LogP contribution is 2.31. The smallest absolute Gasteiger partial charge is 0.259 e. The van der Waals surface area contributed by atoms with Gasteiger partial charge in [-0.15, -0.1) is 0 Å². The van der Waals surface area contributed by atoms with Crippen molar-refractivity contribution in [3.8, 4) is 5.69 Å². The van der Waals surface area contributed by atoms with Gasteiger partial charge in [0, 0.05) is 24.2 Å². The molecule has 1 unspecified atom stereocenters. The molecule has 5 rings (SSSR count). The van der Waals surface area contributed by atoms with E-state index in [0.29, 0.717) is 38.7 Å². The Bertz CT molecular complexity index is 1310. The van der Waals surface area contributed by atoms with E-state index < -0.39 is 0 Å². The molecule has 0 saturated carbocycles. The summed E-state index contributed by atoms with van der Waals surface area (Å²) in [4.78, 5) is 20.3. The van der Waals surface area contributed by atoms with Crippen LogP contribution in [0.5, 0.6) is 0 Å². The molecule has 1 N–H and O–H groups in total. The zero-order chi connectivity index (χ0) is 25.2. The molecule has 0 radical (unpaired) electrons. The molecule has 2 aliphatic rings. The molecule has 0 bridgehead atoms. The largest absolute Gasteiger partial charge is 0.379 e. The first-order chi connectivity index (χ1) is 17.4. The number of pyridine rings is 1. The molecule has 188 valence electrons. The number of amides is 1. The molecule has 7 nitrogen and oxygen atoms in total. The van der Waals surface area contributed by atoms with Gasteiger partial charge in [-0.25, -0.2) is 4.68 Å². The fourth-order valence-electron chi connectivity index (χ4n) is 5.02. The Morgan fingerprint density at radius 3 is 2.64 bits per heavy atom. The van der Waals surface area contributed by atoms with Gasteiger partial charge >= 0.3 is 0 Å². The van der Waals surface area contributed by atoms with Gasteiger partial charge in [0.05, 0.1) is 59.0 Å². The summed E-state index contributed by atoms with van der Waals surface area (Å²) in [6.07, 6.45) is 8.78. The number of morpholine rings is 1. The lowest BCUT2D eigenvalue weighted by Crippen LogP contribution is -2.43. The van der Waals surface area contributed by atoms with E-state index in [1.54, 1.807) is 35.3 Å². The van der Waals surface area contributed by atoms with Crippen LogP contribution in [0, 0.1) is 13.8 Å². The van der Waals surface area contributed by atoms with Crippen LogP contribution in [0.15, 0.2) is 42.7 Å². The fraction of sp³-hybridized carbons (Fsp3) is 0.370. The van der Waals surface area contributed by atoms with Crippen molar-refractivity contribution in [3.05, 3.63) is 75.3 Å². The third-order valence-corrected chi connectivity index (χ3v) is 7.52. The number of anilines is 1. The number of halogens is 2. The molecule has 1 atom stereocenters. The summed E-state index contributed by atoms with van der Waals surface area (Å²) in [6, 6.07) is 7.74. The Morgan fingerprint density at radius 2 is 1.94 bits per heavy atom. The third kappa shape index (κ3) is 5.20. The number of benzene rings is 1. The third-order valence-electron chi connectivity index (χ3n) is 6.98. The Balaban J connectivity index is 1.27. The highest BCUT2D eigenvalue weighted by atomic mass is 35.5. The minimum atomic E-state index is -0.247. The summed E-state index contributed by atoms with van der Waals surface area (Å²) in [5, 5.41) is 8.33. The van der Waals surface area contributed by atoms with Crippen LogP contribution in [0.2, 0.25) is 10.0 Å². The average molecular weight is 526 g/mol. The van der Waals surface area contributed by atoms with Crippen LogP contribution in [0.1, 0.15) is 46.6 Å². The van der Waals surface area contributed by atoms with Gasteiger partial charge in [0.2, 0.25) is 0 Å². The van der Waals surface area contributed by atoms with E-state index in [1.165, 1.54) is 5.57 Å². The number of ether oxygens (including phenoxy) is 1. The normalized spacial score (nSPS) is 18.7. The van der Waals surface area contributed by atoms with Crippen molar-refractivity contribution >= 4 is 40.4 Å². The molecule has 9 heteroatoms. The van der Waals surface area contributed by atoms with Gasteiger partial charge < -0.3 is 10.1 Å². The first-order valence-corrected chi connectivity index (χ1v) is 13.0. The molecular formula is C27H29Cl2N5O2. The number of allylic oxidation sites excluding steroid dienone is 1. The predicted octanol–water partition coefficient (Wildman–Crippen LogP) is 5.71. The van der Waals surface area contributed by atoms with E-state index >= 15 is 0 Å². The standard InChI is InChI=1S/C27H29Cl2N5O2/c1-17-13-21(15-30-26(17)19-3-6-22(7-4-19)33-9-11-36-12-10-33)32-27(35)23-16-31-34(18(23)2)25-8-5-20(28)14-24(25)29/h3,5,8,13-16,22H,4,6-7,9-12H2,1-2H3,(H,32,35). The van der Waals surface area contributed by atoms with Gasteiger partial charge in [-0.2, -0.15) is 5.10 Å². The second kappa shape index (κ2) is 10.7. The number of nitrogens with zero attached hydrogens (tertiary/aromatic N) is 4. The molecule has 36 heavy (non-hydrogen) atoms. The summed E-state index contributed by atoms with van der Waals surface area (Å²) in [6.45, 7) is 7.57. The maximum Gasteiger partial charge on any atom is 0.259 e. The first kappa shape index (κ1) is 25.0. The molecule has 1 aliphatic heterocycles. The van der Waals surface area contributed by atoms with Gasteiger partial charge in [0.1, 0.15) is 0 Å². The zero-order valence-electron chi connectivity index (χ0n) is 20.4. The number of carbonyl (C=O) groups excluding carboxylic acids is 1. The number of hydrogen-bond acceptors (Lipinski definition) is 5. The molecule has 1 aliphatic carbocycles. The van der Waals surface area contributed by atoms with Crippen LogP contribution in [0.4, 0.5) is 5.69 Å². The number of nitrogens with one attached hydrogen (secondary N) is 1. The fourth-order valence-corrected chi connectivity index (χ4v) is 5.50. The summed E-state index contributed by atoms with van der Waals surface area (Å²) in [5.74, 6) is -0.247. The Morgan fingerprint density at radius 1 is 1.14 bits per heavy atom. The predicted molar refractivity (Wildman–Crippen MR) is 143 cm³/mol.